The predicted octanol–water partition coefficient (Wildman–Crippen LogP) is 0.550. The summed E-state index contributed by atoms with van der Waals surface area (Å²) in [4.78, 5) is 0. The Morgan fingerprint density at radius 3 is 2.58 bits per heavy atom. The SMILES string of the molecule is OCCOc1ccccc1CO. The third-order valence-corrected chi connectivity index (χ3v) is 1.49. The third-order valence-electron chi connectivity index (χ3n) is 1.49. The number of benzene rings is 1. The molecule has 0 aromatic heterocycles. The number of aliphatic hydroxyl groups excluding tert-OH is 2. The van der Waals surface area contributed by atoms with Crippen LogP contribution in [0.5, 0.6) is 5.75 Å². The molecule has 0 heterocycles. The van der Waals surface area contributed by atoms with Crippen molar-refractivity contribution in [3.8, 4) is 5.75 Å². The van der Waals surface area contributed by atoms with Crippen LogP contribution >= 0.6 is 0 Å². The molecular weight excluding hydrogens is 156 g/mol. The van der Waals surface area contributed by atoms with Gasteiger partial charge in [0.1, 0.15) is 12.4 Å². The Balaban J connectivity index is 2.68. The maximum atomic E-state index is 8.88. The predicted molar refractivity (Wildman–Crippen MR) is 44.9 cm³/mol. The van der Waals surface area contributed by atoms with Crippen molar-refractivity contribution in [2.24, 2.45) is 0 Å². The van der Waals surface area contributed by atoms with Gasteiger partial charge in [0, 0.05) is 5.56 Å². The van der Waals surface area contributed by atoms with Crippen molar-refractivity contribution in [1.29, 1.82) is 0 Å². The van der Waals surface area contributed by atoms with Crippen molar-refractivity contribution < 1.29 is 14.9 Å². The van der Waals surface area contributed by atoms with Gasteiger partial charge in [-0.1, -0.05) is 18.2 Å². The summed E-state index contributed by atoms with van der Waals surface area (Å²) in [7, 11) is 0. The van der Waals surface area contributed by atoms with Gasteiger partial charge < -0.3 is 14.9 Å². The van der Waals surface area contributed by atoms with Gasteiger partial charge in [0.15, 0.2) is 0 Å². The largest absolute Gasteiger partial charge is 0.491 e. The van der Waals surface area contributed by atoms with Crippen LogP contribution < -0.4 is 4.74 Å². The Labute approximate surface area is 71.2 Å². The van der Waals surface area contributed by atoms with Gasteiger partial charge in [0.25, 0.3) is 0 Å². The second kappa shape index (κ2) is 4.74. The molecule has 0 amide bonds. The molecule has 0 unspecified atom stereocenters. The van der Waals surface area contributed by atoms with Crippen molar-refractivity contribution in [3.05, 3.63) is 29.8 Å². The first kappa shape index (κ1) is 9.03. The lowest BCUT2D eigenvalue weighted by Crippen LogP contribution is -2.03. The van der Waals surface area contributed by atoms with Crippen molar-refractivity contribution in [2.75, 3.05) is 13.2 Å². The first-order valence-corrected chi connectivity index (χ1v) is 3.81. The van der Waals surface area contributed by atoms with Crippen LogP contribution in [0, 0.1) is 0 Å². The van der Waals surface area contributed by atoms with Gasteiger partial charge in [-0.2, -0.15) is 0 Å². The molecule has 3 nitrogen and oxygen atoms in total. The molecule has 0 saturated heterocycles. The molecule has 0 aliphatic rings. The summed E-state index contributed by atoms with van der Waals surface area (Å²) in [6, 6.07) is 7.21. The lowest BCUT2D eigenvalue weighted by molar-refractivity contribution is 0.196. The van der Waals surface area contributed by atoms with Gasteiger partial charge in [0.05, 0.1) is 13.2 Å². The smallest absolute Gasteiger partial charge is 0.124 e. The first-order chi connectivity index (χ1) is 5.88. The minimum atomic E-state index is -0.0401. The molecule has 2 N–H and O–H groups in total. The van der Waals surface area contributed by atoms with Gasteiger partial charge in [-0.25, -0.2) is 0 Å². The monoisotopic (exact) mass is 168 g/mol. The maximum absolute atomic E-state index is 8.88. The van der Waals surface area contributed by atoms with Gasteiger partial charge in [-0.05, 0) is 6.07 Å². The summed E-state index contributed by atoms with van der Waals surface area (Å²) in [6.45, 7) is 0.207. The van der Waals surface area contributed by atoms with E-state index in [4.69, 9.17) is 14.9 Å². The first-order valence-electron chi connectivity index (χ1n) is 3.81. The van der Waals surface area contributed by atoms with Crippen LogP contribution in [-0.2, 0) is 6.61 Å². The zero-order valence-corrected chi connectivity index (χ0v) is 6.73. The van der Waals surface area contributed by atoms with Crippen LogP contribution in [0.15, 0.2) is 24.3 Å². The van der Waals surface area contributed by atoms with E-state index in [0.717, 1.165) is 5.56 Å². The highest BCUT2D eigenvalue weighted by atomic mass is 16.5. The fourth-order valence-electron chi connectivity index (χ4n) is 0.931. The normalized spacial score (nSPS) is 9.83. The molecule has 0 aliphatic heterocycles. The van der Waals surface area contributed by atoms with Crippen molar-refractivity contribution >= 4 is 0 Å². The highest BCUT2D eigenvalue weighted by Gasteiger charge is 1.99. The Morgan fingerprint density at radius 2 is 1.92 bits per heavy atom. The van der Waals surface area contributed by atoms with E-state index in [-0.39, 0.29) is 19.8 Å². The van der Waals surface area contributed by atoms with Crippen molar-refractivity contribution in [3.63, 3.8) is 0 Å². The molecule has 0 saturated carbocycles. The maximum Gasteiger partial charge on any atom is 0.124 e. The van der Waals surface area contributed by atoms with Crippen LogP contribution in [0.25, 0.3) is 0 Å². The topological polar surface area (TPSA) is 49.7 Å². The summed E-state index contributed by atoms with van der Waals surface area (Å²) in [6.07, 6.45) is 0. The molecule has 1 rings (SSSR count). The van der Waals surface area contributed by atoms with E-state index < -0.39 is 0 Å². The Bertz CT molecular complexity index is 235. The fraction of sp³-hybridized carbons (Fsp3) is 0.333. The molecule has 0 aliphatic carbocycles. The highest BCUT2D eigenvalue weighted by molar-refractivity contribution is 5.32. The zero-order chi connectivity index (χ0) is 8.81. The molecule has 1 aromatic carbocycles. The minimum Gasteiger partial charge on any atom is -0.491 e. The number of aliphatic hydroxyl groups is 2. The fourth-order valence-corrected chi connectivity index (χ4v) is 0.931. The molecule has 0 radical (unpaired) electrons. The molecule has 66 valence electrons. The summed E-state index contributed by atoms with van der Waals surface area (Å²) in [5.74, 6) is 0.633. The number of ether oxygens (including phenoxy) is 1. The Morgan fingerprint density at radius 1 is 1.17 bits per heavy atom. The Hall–Kier alpha value is -1.06. The number of hydrogen-bond donors (Lipinski definition) is 2. The quantitative estimate of drug-likeness (QED) is 0.690. The van der Waals surface area contributed by atoms with Crippen molar-refractivity contribution in [1.82, 2.24) is 0 Å². The van der Waals surface area contributed by atoms with E-state index in [1.54, 1.807) is 12.1 Å². The molecular formula is C9H12O3. The second-order valence-electron chi connectivity index (χ2n) is 2.34. The summed E-state index contributed by atoms with van der Waals surface area (Å²) in [5, 5.41) is 17.4. The number of para-hydroxylation sites is 1. The minimum absolute atomic E-state index is 0.0141. The summed E-state index contributed by atoms with van der Waals surface area (Å²) in [5.41, 5.74) is 0.742. The average Bonchev–Trinajstić information content (AvgIpc) is 2.15. The van der Waals surface area contributed by atoms with E-state index in [9.17, 15) is 0 Å². The average molecular weight is 168 g/mol. The highest BCUT2D eigenvalue weighted by Crippen LogP contribution is 2.16. The van der Waals surface area contributed by atoms with Crippen molar-refractivity contribution in [2.45, 2.75) is 6.61 Å². The molecule has 0 fully saturated rings. The van der Waals surface area contributed by atoms with E-state index in [1.807, 2.05) is 12.1 Å². The van der Waals surface area contributed by atoms with E-state index in [0.29, 0.717) is 5.75 Å². The zero-order valence-electron chi connectivity index (χ0n) is 6.73. The van der Waals surface area contributed by atoms with Crippen LogP contribution in [0.4, 0.5) is 0 Å². The number of hydrogen-bond acceptors (Lipinski definition) is 3. The summed E-state index contributed by atoms with van der Waals surface area (Å²) < 4.78 is 5.17. The molecule has 1 aromatic rings. The van der Waals surface area contributed by atoms with Crippen LogP contribution in [0.3, 0.4) is 0 Å². The summed E-state index contributed by atoms with van der Waals surface area (Å²) >= 11 is 0. The lowest BCUT2D eigenvalue weighted by atomic mass is 10.2. The van der Waals surface area contributed by atoms with Gasteiger partial charge in [-0.15, -0.1) is 0 Å². The van der Waals surface area contributed by atoms with Crippen LogP contribution in [0.1, 0.15) is 5.56 Å². The van der Waals surface area contributed by atoms with Gasteiger partial charge in [0.2, 0.25) is 0 Å². The Kier molecular flexibility index (Phi) is 3.57. The van der Waals surface area contributed by atoms with E-state index in [1.165, 1.54) is 0 Å². The standard InChI is InChI=1S/C9H12O3/c10-5-6-12-9-4-2-1-3-8(9)7-11/h1-4,10-11H,5-7H2. The van der Waals surface area contributed by atoms with Gasteiger partial charge in [-0.3, -0.25) is 0 Å². The van der Waals surface area contributed by atoms with E-state index >= 15 is 0 Å². The van der Waals surface area contributed by atoms with E-state index in [2.05, 4.69) is 0 Å². The van der Waals surface area contributed by atoms with Gasteiger partial charge >= 0.3 is 0 Å². The molecule has 0 spiro atoms. The third kappa shape index (κ3) is 2.22. The molecule has 0 atom stereocenters. The number of rotatable bonds is 4. The molecule has 0 bridgehead atoms. The van der Waals surface area contributed by atoms with Crippen LogP contribution in [-0.4, -0.2) is 23.4 Å². The molecule has 12 heavy (non-hydrogen) atoms. The molecule has 3 heteroatoms. The van der Waals surface area contributed by atoms with Crippen LogP contribution in [0.2, 0.25) is 0 Å². The second-order valence-corrected chi connectivity index (χ2v) is 2.34. The lowest BCUT2D eigenvalue weighted by Gasteiger charge is -2.07.